The van der Waals surface area contributed by atoms with Crippen LogP contribution in [0.15, 0.2) is 22.1 Å². The molecule has 60 valence electrons. The summed E-state index contributed by atoms with van der Waals surface area (Å²) in [4.78, 5) is 17.1. The summed E-state index contributed by atoms with van der Waals surface area (Å²) >= 11 is 0. The van der Waals surface area contributed by atoms with E-state index in [0.717, 1.165) is 6.07 Å². The Morgan fingerprint density at radius 1 is 1.17 bits per heavy atom. The maximum atomic E-state index is 12.8. The van der Waals surface area contributed by atoms with Crippen LogP contribution in [0.4, 0.5) is 13.6 Å². The van der Waals surface area contributed by atoms with Gasteiger partial charge in [0.15, 0.2) is 5.82 Å². The van der Waals surface area contributed by atoms with Gasteiger partial charge in [-0.15, -0.1) is 0 Å². The van der Waals surface area contributed by atoms with E-state index < -0.39 is 17.7 Å². The standard InChI is InChI=1S/C7H2F2N2O/c8-3-1-4(9)6-5(2-3)10-7(12)11-6/h1-2H. The lowest BCUT2D eigenvalue weighted by atomic mass is 10.3. The van der Waals surface area contributed by atoms with Crippen LogP contribution in [0.25, 0.3) is 0 Å². The summed E-state index contributed by atoms with van der Waals surface area (Å²) in [6.07, 6.45) is 0. The fourth-order valence-electron chi connectivity index (χ4n) is 0.972. The van der Waals surface area contributed by atoms with Crippen LogP contribution in [-0.2, 0) is 0 Å². The molecule has 0 N–H and O–H groups in total. The van der Waals surface area contributed by atoms with E-state index in [1.807, 2.05) is 0 Å². The van der Waals surface area contributed by atoms with Crippen LogP contribution in [0.5, 0.6) is 0 Å². The number of carbonyl (C=O) groups excluding carboxylic acids is 1. The van der Waals surface area contributed by atoms with Crippen LogP contribution < -0.4 is 10.7 Å². The molecule has 1 heterocycles. The molecule has 3 nitrogen and oxygen atoms in total. The summed E-state index contributed by atoms with van der Waals surface area (Å²) in [5.74, 6) is -1.63. The summed E-state index contributed by atoms with van der Waals surface area (Å²) < 4.78 is 25.3. The van der Waals surface area contributed by atoms with Crippen LogP contribution in [-0.4, -0.2) is 6.03 Å². The number of amides is 2. The first-order valence-corrected chi connectivity index (χ1v) is 3.13. The van der Waals surface area contributed by atoms with Crippen LogP contribution in [0, 0.1) is 11.6 Å². The predicted molar refractivity (Wildman–Crippen MR) is 34.1 cm³/mol. The van der Waals surface area contributed by atoms with Gasteiger partial charge in [-0.3, -0.25) is 0 Å². The Labute approximate surface area is 65.1 Å². The average Bonchev–Trinajstić information content (AvgIpc) is 2.29. The molecule has 12 heavy (non-hydrogen) atoms. The molecule has 0 unspecified atom stereocenters. The van der Waals surface area contributed by atoms with Gasteiger partial charge in [0.2, 0.25) is 0 Å². The van der Waals surface area contributed by atoms with E-state index in [9.17, 15) is 13.6 Å². The highest BCUT2D eigenvalue weighted by Crippen LogP contribution is 1.95. The molecule has 2 rings (SSSR count). The SMILES string of the molecule is O=C1N=c2cc(F)cc(F)c2=N1. The van der Waals surface area contributed by atoms with Gasteiger partial charge in [0.25, 0.3) is 0 Å². The molecule has 5 heteroatoms. The summed E-state index contributed by atoms with van der Waals surface area (Å²) in [5.41, 5.74) is 0. The third kappa shape index (κ3) is 0.903. The van der Waals surface area contributed by atoms with Crippen LogP contribution >= 0.6 is 0 Å². The van der Waals surface area contributed by atoms with Gasteiger partial charge in [0.05, 0.1) is 0 Å². The fourth-order valence-corrected chi connectivity index (χ4v) is 0.972. The van der Waals surface area contributed by atoms with Gasteiger partial charge in [-0.1, -0.05) is 0 Å². The maximum absolute atomic E-state index is 12.8. The smallest absolute Gasteiger partial charge is 0.244 e. The highest BCUT2D eigenvalue weighted by Gasteiger charge is 2.10. The Bertz CT molecular complexity index is 481. The lowest BCUT2D eigenvalue weighted by molar-refractivity contribution is 0.256. The molecule has 1 aliphatic heterocycles. The average molecular weight is 168 g/mol. The van der Waals surface area contributed by atoms with Gasteiger partial charge in [0, 0.05) is 12.1 Å². The predicted octanol–water partition coefficient (Wildman–Crippen LogP) is 0.338. The molecular weight excluding hydrogens is 166 g/mol. The Hall–Kier alpha value is -1.65. The number of hydrogen-bond donors (Lipinski definition) is 0. The number of benzene rings is 1. The zero-order valence-corrected chi connectivity index (χ0v) is 5.71. The van der Waals surface area contributed by atoms with E-state index in [1.165, 1.54) is 0 Å². The molecule has 0 aromatic heterocycles. The first-order chi connectivity index (χ1) is 5.66. The van der Waals surface area contributed by atoms with E-state index in [-0.39, 0.29) is 10.7 Å². The Kier molecular flexibility index (Phi) is 1.27. The number of carbonyl (C=O) groups is 1. The van der Waals surface area contributed by atoms with Crippen LogP contribution in [0.1, 0.15) is 0 Å². The number of nitrogens with zero attached hydrogens (tertiary/aromatic N) is 2. The van der Waals surface area contributed by atoms with Crippen molar-refractivity contribution < 1.29 is 13.6 Å². The van der Waals surface area contributed by atoms with Crippen molar-refractivity contribution in [3.63, 3.8) is 0 Å². The van der Waals surface area contributed by atoms with Crippen molar-refractivity contribution in [2.24, 2.45) is 9.98 Å². The van der Waals surface area contributed by atoms with Gasteiger partial charge in [-0.05, 0) is 0 Å². The maximum Gasteiger partial charge on any atom is 0.368 e. The minimum Gasteiger partial charge on any atom is -0.244 e. The second-order valence-corrected chi connectivity index (χ2v) is 2.26. The molecular formula is C7H2F2N2O. The number of hydrogen-bond acceptors (Lipinski definition) is 1. The third-order valence-corrected chi connectivity index (χ3v) is 1.43. The molecule has 0 spiro atoms. The quantitative estimate of drug-likeness (QED) is 0.550. The normalized spacial score (nSPS) is 13.7. The first-order valence-electron chi connectivity index (χ1n) is 3.13. The Morgan fingerprint density at radius 2 is 1.92 bits per heavy atom. The molecule has 0 fully saturated rings. The van der Waals surface area contributed by atoms with Crippen molar-refractivity contribution in [2.75, 3.05) is 0 Å². The van der Waals surface area contributed by atoms with E-state index in [2.05, 4.69) is 9.98 Å². The first kappa shape index (κ1) is 7.02. The summed E-state index contributed by atoms with van der Waals surface area (Å²) in [7, 11) is 0. The monoisotopic (exact) mass is 168 g/mol. The molecule has 2 amide bonds. The van der Waals surface area contributed by atoms with Crippen molar-refractivity contribution >= 4 is 6.03 Å². The molecule has 0 atom stereocenters. The lowest BCUT2D eigenvalue weighted by Crippen LogP contribution is -2.25. The highest BCUT2D eigenvalue weighted by molar-refractivity contribution is 5.77. The summed E-state index contributed by atoms with van der Waals surface area (Å²) in [6.45, 7) is 0. The van der Waals surface area contributed by atoms with E-state index in [0.29, 0.717) is 6.07 Å². The Morgan fingerprint density at radius 3 is 2.67 bits per heavy atom. The minimum absolute atomic E-state index is 0.0440. The largest absolute Gasteiger partial charge is 0.368 e. The summed E-state index contributed by atoms with van der Waals surface area (Å²) in [6, 6.07) is 0.831. The third-order valence-electron chi connectivity index (χ3n) is 1.43. The lowest BCUT2D eigenvalue weighted by Gasteiger charge is -1.86. The van der Waals surface area contributed by atoms with Crippen molar-refractivity contribution in [1.29, 1.82) is 0 Å². The number of halogens is 2. The van der Waals surface area contributed by atoms with Gasteiger partial charge in [-0.2, -0.15) is 9.98 Å². The minimum atomic E-state index is -0.861. The van der Waals surface area contributed by atoms with E-state index >= 15 is 0 Å². The zero-order chi connectivity index (χ0) is 8.72. The number of rotatable bonds is 0. The summed E-state index contributed by atoms with van der Waals surface area (Å²) in [5, 5.41) is -0.223. The van der Waals surface area contributed by atoms with Gasteiger partial charge >= 0.3 is 6.03 Å². The molecule has 0 saturated carbocycles. The van der Waals surface area contributed by atoms with E-state index in [1.54, 1.807) is 0 Å². The molecule has 1 aliphatic rings. The molecule has 1 aromatic carbocycles. The van der Waals surface area contributed by atoms with Gasteiger partial charge < -0.3 is 0 Å². The fraction of sp³-hybridized carbons (Fsp3) is 0. The Balaban J connectivity index is 2.95. The molecule has 1 aromatic rings. The van der Waals surface area contributed by atoms with Crippen molar-refractivity contribution in [3.8, 4) is 0 Å². The highest BCUT2D eigenvalue weighted by atomic mass is 19.1. The van der Waals surface area contributed by atoms with Crippen LogP contribution in [0.2, 0.25) is 0 Å². The van der Waals surface area contributed by atoms with Crippen molar-refractivity contribution in [1.82, 2.24) is 0 Å². The van der Waals surface area contributed by atoms with E-state index in [4.69, 9.17) is 0 Å². The van der Waals surface area contributed by atoms with Gasteiger partial charge in [0.1, 0.15) is 16.5 Å². The molecule has 0 saturated heterocycles. The number of fused-ring (bicyclic) bond motifs is 1. The molecule has 0 radical (unpaired) electrons. The van der Waals surface area contributed by atoms with Crippen molar-refractivity contribution in [2.45, 2.75) is 0 Å². The topological polar surface area (TPSA) is 41.8 Å². The van der Waals surface area contributed by atoms with Gasteiger partial charge in [-0.25, -0.2) is 13.6 Å². The zero-order valence-electron chi connectivity index (χ0n) is 5.71. The second kappa shape index (κ2) is 2.17. The molecule has 0 aliphatic carbocycles. The second-order valence-electron chi connectivity index (χ2n) is 2.26. The van der Waals surface area contributed by atoms with Crippen LogP contribution in [0.3, 0.4) is 0 Å². The number of urea groups is 1. The van der Waals surface area contributed by atoms with Crippen molar-refractivity contribution in [3.05, 3.63) is 34.5 Å². The molecule has 0 bridgehead atoms.